The molecule has 0 radical (unpaired) electrons. The van der Waals surface area contributed by atoms with Gasteiger partial charge in [0.25, 0.3) is 0 Å². The van der Waals surface area contributed by atoms with Gasteiger partial charge in [-0.1, -0.05) is 30.3 Å². The second-order valence-electron chi connectivity index (χ2n) is 5.21. The molecule has 118 valence electrons. The van der Waals surface area contributed by atoms with Crippen molar-refractivity contribution in [3.05, 3.63) is 95.8 Å². The first-order valence-corrected chi connectivity index (χ1v) is 7.70. The summed E-state index contributed by atoms with van der Waals surface area (Å²) in [4.78, 5) is 8.75. The average Bonchev–Trinajstić information content (AvgIpc) is 2.67. The minimum absolute atomic E-state index is 0.828. The summed E-state index contributed by atoms with van der Waals surface area (Å²) in [5, 5.41) is 0. The first-order valence-electron chi connectivity index (χ1n) is 7.70. The van der Waals surface area contributed by atoms with Gasteiger partial charge in [0.1, 0.15) is 5.75 Å². The van der Waals surface area contributed by atoms with E-state index in [2.05, 4.69) is 9.98 Å². The van der Waals surface area contributed by atoms with Gasteiger partial charge in [0.15, 0.2) is 0 Å². The van der Waals surface area contributed by atoms with Crippen LogP contribution in [0.2, 0.25) is 0 Å². The third kappa shape index (κ3) is 4.17. The highest BCUT2D eigenvalue weighted by Crippen LogP contribution is 2.22. The molecule has 3 aromatic rings. The fourth-order valence-corrected chi connectivity index (χ4v) is 2.26. The lowest BCUT2D eigenvalue weighted by Crippen LogP contribution is -1.87. The van der Waals surface area contributed by atoms with Gasteiger partial charge in [-0.25, -0.2) is 0 Å². The summed E-state index contributed by atoms with van der Waals surface area (Å²) >= 11 is 0. The van der Waals surface area contributed by atoms with Crippen molar-refractivity contribution in [3.63, 3.8) is 0 Å². The summed E-state index contributed by atoms with van der Waals surface area (Å²) in [7, 11) is 1.66. The topological polar surface area (TPSA) is 34.5 Å². The number of nitrogens with zero attached hydrogens (tertiary/aromatic N) is 2. The lowest BCUT2D eigenvalue weighted by Gasteiger charge is -2.05. The van der Waals surface area contributed by atoms with Gasteiger partial charge in [-0.05, 0) is 53.6 Å². The van der Waals surface area contributed by atoms with Gasteiger partial charge < -0.3 is 4.74 Å². The van der Waals surface area contributed by atoms with Crippen LogP contribution < -0.4 is 4.74 Å². The standard InChI is InChI=1S/C21H18N2O/c1-24-20-9-7-19(8-10-20)21(15-17-11-13-22-14-12-17)23-16-18-5-3-2-4-6-18/h2-16H,1H3/b21-15-,23-16?. The van der Waals surface area contributed by atoms with Gasteiger partial charge in [-0.2, -0.15) is 0 Å². The van der Waals surface area contributed by atoms with Crippen molar-refractivity contribution < 1.29 is 4.74 Å². The molecule has 3 nitrogen and oxygen atoms in total. The molecule has 0 aliphatic carbocycles. The van der Waals surface area contributed by atoms with E-state index in [9.17, 15) is 0 Å². The van der Waals surface area contributed by atoms with Crippen LogP contribution in [0.5, 0.6) is 5.75 Å². The van der Waals surface area contributed by atoms with Gasteiger partial charge >= 0.3 is 0 Å². The highest BCUT2D eigenvalue weighted by molar-refractivity contribution is 5.90. The zero-order chi connectivity index (χ0) is 16.6. The Bertz CT molecular complexity index is 823. The fourth-order valence-electron chi connectivity index (χ4n) is 2.26. The first-order chi connectivity index (χ1) is 11.8. The van der Waals surface area contributed by atoms with Crippen LogP contribution in [0, 0.1) is 0 Å². The van der Waals surface area contributed by atoms with Crippen LogP contribution in [0.15, 0.2) is 84.1 Å². The average molecular weight is 314 g/mol. The van der Waals surface area contributed by atoms with Crippen molar-refractivity contribution in [1.82, 2.24) is 4.98 Å². The van der Waals surface area contributed by atoms with Crippen molar-refractivity contribution in [1.29, 1.82) is 0 Å². The van der Waals surface area contributed by atoms with Crippen LogP contribution in [0.3, 0.4) is 0 Å². The summed E-state index contributed by atoms with van der Waals surface area (Å²) in [6.45, 7) is 0. The van der Waals surface area contributed by atoms with Crippen LogP contribution >= 0.6 is 0 Å². The third-order valence-corrected chi connectivity index (χ3v) is 3.55. The van der Waals surface area contributed by atoms with E-state index in [1.807, 2.05) is 79.0 Å². The van der Waals surface area contributed by atoms with E-state index >= 15 is 0 Å². The van der Waals surface area contributed by atoms with Crippen molar-refractivity contribution in [2.75, 3.05) is 7.11 Å². The summed E-state index contributed by atoms with van der Waals surface area (Å²) in [5.41, 5.74) is 4.03. The molecule has 0 aliphatic heterocycles. The van der Waals surface area contributed by atoms with Crippen molar-refractivity contribution >= 4 is 18.0 Å². The number of aliphatic imine (C=N–C) groups is 1. The molecule has 0 unspecified atom stereocenters. The second-order valence-corrected chi connectivity index (χ2v) is 5.21. The van der Waals surface area contributed by atoms with E-state index in [1.54, 1.807) is 19.5 Å². The molecule has 0 N–H and O–H groups in total. The molecule has 3 rings (SSSR count). The molecule has 0 amide bonds. The minimum atomic E-state index is 0.828. The highest BCUT2D eigenvalue weighted by Gasteiger charge is 2.01. The van der Waals surface area contributed by atoms with Crippen LogP contribution in [0.1, 0.15) is 16.7 Å². The lowest BCUT2D eigenvalue weighted by molar-refractivity contribution is 0.415. The second kappa shape index (κ2) is 7.88. The quantitative estimate of drug-likeness (QED) is 0.639. The number of ether oxygens (including phenoxy) is 1. The van der Waals surface area contributed by atoms with E-state index in [4.69, 9.17) is 4.74 Å². The number of methoxy groups -OCH3 is 1. The largest absolute Gasteiger partial charge is 0.497 e. The van der Waals surface area contributed by atoms with Gasteiger partial charge in [0, 0.05) is 24.2 Å². The van der Waals surface area contributed by atoms with Crippen molar-refractivity contribution in [2.24, 2.45) is 4.99 Å². The molecule has 2 aromatic carbocycles. The van der Waals surface area contributed by atoms with Gasteiger partial charge in [-0.3, -0.25) is 9.98 Å². The molecule has 0 bridgehead atoms. The van der Waals surface area contributed by atoms with E-state index in [0.717, 1.165) is 28.1 Å². The first kappa shape index (κ1) is 15.7. The Morgan fingerprint density at radius 3 is 2.25 bits per heavy atom. The lowest BCUT2D eigenvalue weighted by atomic mass is 10.1. The van der Waals surface area contributed by atoms with Crippen LogP contribution in [-0.4, -0.2) is 18.3 Å². The molecule has 3 heteroatoms. The Balaban J connectivity index is 1.97. The minimum Gasteiger partial charge on any atom is -0.497 e. The van der Waals surface area contributed by atoms with Crippen LogP contribution in [-0.2, 0) is 0 Å². The van der Waals surface area contributed by atoms with Gasteiger partial charge in [0.2, 0.25) is 0 Å². The van der Waals surface area contributed by atoms with Gasteiger partial charge in [0.05, 0.1) is 12.8 Å². The zero-order valence-electron chi connectivity index (χ0n) is 13.5. The third-order valence-electron chi connectivity index (χ3n) is 3.55. The predicted octanol–water partition coefficient (Wildman–Crippen LogP) is 4.71. The molecule has 24 heavy (non-hydrogen) atoms. The van der Waals surface area contributed by atoms with E-state index in [1.165, 1.54) is 0 Å². The Morgan fingerprint density at radius 2 is 1.58 bits per heavy atom. The molecular weight excluding hydrogens is 296 g/mol. The smallest absolute Gasteiger partial charge is 0.118 e. The Kier molecular flexibility index (Phi) is 5.15. The number of hydrogen-bond donors (Lipinski definition) is 0. The Morgan fingerprint density at radius 1 is 0.875 bits per heavy atom. The normalized spacial score (nSPS) is 11.6. The maximum Gasteiger partial charge on any atom is 0.118 e. The number of benzene rings is 2. The van der Waals surface area contributed by atoms with E-state index < -0.39 is 0 Å². The molecule has 0 fully saturated rings. The monoisotopic (exact) mass is 314 g/mol. The van der Waals surface area contributed by atoms with E-state index in [-0.39, 0.29) is 0 Å². The van der Waals surface area contributed by atoms with E-state index in [0.29, 0.717) is 0 Å². The molecule has 1 heterocycles. The summed E-state index contributed by atoms with van der Waals surface area (Å²) in [6, 6.07) is 21.9. The molecule has 1 aromatic heterocycles. The van der Waals surface area contributed by atoms with Crippen molar-refractivity contribution in [3.8, 4) is 5.75 Å². The number of pyridine rings is 1. The highest BCUT2D eigenvalue weighted by atomic mass is 16.5. The maximum absolute atomic E-state index is 5.23. The SMILES string of the molecule is COc1ccc(/C(=C/c2ccncc2)N=Cc2ccccc2)cc1. The summed E-state index contributed by atoms with van der Waals surface area (Å²) < 4.78 is 5.23. The summed E-state index contributed by atoms with van der Waals surface area (Å²) in [5.74, 6) is 0.828. The molecule has 0 atom stereocenters. The van der Waals surface area contributed by atoms with Gasteiger partial charge in [-0.15, -0.1) is 0 Å². The Hall–Kier alpha value is -3.20. The molecule has 0 saturated carbocycles. The Labute approximate surface area is 142 Å². The maximum atomic E-state index is 5.23. The summed E-state index contributed by atoms with van der Waals surface area (Å²) in [6.07, 6.45) is 7.47. The molecule has 0 saturated heterocycles. The molecule has 0 spiro atoms. The zero-order valence-corrected chi connectivity index (χ0v) is 13.5. The fraction of sp³-hybridized carbons (Fsp3) is 0.0476. The van der Waals surface area contributed by atoms with Crippen LogP contribution in [0.25, 0.3) is 11.8 Å². The molecular formula is C21H18N2O. The number of aromatic nitrogens is 1. The number of rotatable bonds is 5. The van der Waals surface area contributed by atoms with Crippen molar-refractivity contribution in [2.45, 2.75) is 0 Å². The van der Waals surface area contributed by atoms with Crippen LogP contribution in [0.4, 0.5) is 0 Å². The predicted molar refractivity (Wildman–Crippen MR) is 99.1 cm³/mol. The number of hydrogen-bond acceptors (Lipinski definition) is 3. The molecule has 0 aliphatic rings.